The lowest BCUT2D eigenvalue weighted by molar-refractivity contribution is -0.137. The molecule has 122 valence electrons. The molecule has 3 heterocycles. The third-order valence-corrected chi connectivity index (χ3v) is 4.23. The molecule has 1 atom stereocenters. The van der Waals surface area contributed by atoms with E-state index in [1.165, 1.54) is 5.56 Å². The summed E-state index contributed by atoms with van der Waals surface area (Å²) in [5.74, 6) is 0.237. The molecule has 0 bridgehead atoms. The topological polar surface area (TPSA) is 80.0 Å². The molecule has 0 saturated carbocycles. The number of carboxylic acid groups (broad SMARTS) is 1. The number of fused-ring (bicyclic) bond motifs is 1. The molecular weight excluding hydrogens is 292 g/mol. The van der Waals surface area contributed by atoms with Gasteiger partial charge >= 0.3 is 5.97 Å². The van der Waals surface area contributed by atoms with Crippen LogP contribution in [0.2, 0.25) is 0 Å². The minimum atomic E-state index is -0.792. The number of rotatable bonds is 7. The molecule has 0 aliphatic carbocycles. The minimum Gasteiger partial charge on any atom is -0.481 e. The van der Waals surface area contributed by atoms with E-state index in [0.717, 1.165) is 43.6 Å². The number of nitrogens with zero attached hydrogens (tertiary/aromatic N) is 3. The molecule has 0 fully saturated rings. The fourth-order valence-corrected chi connectivity index (χ4v) is 2.98. The molecule has 0 spiro atoms. The Bertz CT molecular complexity index is 668. The van der Waals surface area contributed by atoms with Gasteiger partial charge in [-0.05, 0) is 49.8 Å². The van der Waals surface area contributed by atoms with Crippen molar-refractivity contribution < 1.29 is 9.90 Å². The Morgan fingerprint density at radius 1 is 1.43 bits per heavy atom. The summed E-state index contributed by atoms with van der Waals surface area (Å²) in [6.07, 6.45) is 9.12. The molecule has 0 radical (unpaired) electrons. The molecule has 3 rings (SSSR count). The Balaban J connectivity index is 1.43. The van der Waals surface area contributed by atoms with Gasteiger partial charge in [-0.15, -0.1) is 0 Å². The lowest BCUT2D eigenvalue weighted by atomic mass is 9.97. The molecule has 1 unspecified atom stereocenters. The van der Waals surface area contributed by atoms with Gasteiger partial charge in [-0.2, -0.15) is 5.10 Å². The first-order valence-electron chi connectivity index (χ1n) is 8.15. The van der Waals surface area contributed by atoms with Gasteiger partial charge < -0.3 is 10.4 Å². The minimum absolute atomic E-state index is 0.111. The van der Waals surface area contributed by atoms with Crippen LogP contribution >= 0.6 is 0 Å². The number of pyridine rings is 1. The number of hydrogen-bond donors (Lipinski definition) is 2. The van der Waals surface area contributed by atoms with Crippen LogP contribution < -0.4 is 5.32 Å². The number of anilines is 1. The van der Waals surface area contributed by atoms with E-state index in [0.29, 0.717) is 12.6 Å². The van der Waals surface area contributed by atoms with Crippen molar-refractivity contribution in [3.05, 3.63) is 41.9 Å². The number of nitrogens with one attached hydrogen (secondary N) is 1. The maximum Gasteiger partial charge on any atom is 0.305 e. The zero-order valence-corrected chi connectivity index (χ0v) is 13.1. The van der Waals surface area contributed by atoms with Crippen molar-refractivity contribution in [1.82, 2.24) is 14.8 Å². The predicted octanol–water partition coefficient (Wildman–Crippen LogP) is 2.50. The number of hydrogen-bond acceptors (Lipinski definition) is 4. The first-order chi connectivity index (χ1) is 11.2. The highest BCUT2D eigenvalue weighted by molar-refractivity contribution is 5.66. The first kappa shape index (κ1) is 15.5. The molecule has 1 aliphatic heterocycles. The quantitative estimate of drug-likeness (QED) is 0.821. The number of carboxylic acids is 1. The zero-order chi connectivity index (χ0) is 16.1. The maximum absolute atomic E-state index is 10.6. The SMILES string of the molecule is O=C(O)CCn1ccc(CCCC2CCc3cccnc3N2)n1. The monoisotopic (exact) mass is 314 g/mol. The number of aromatic nitrogens is 3. The van der Waals surface area contributed by atoms with Gasteiger partial charge in [0.2, 0.25) is 0 Å². The van der Waals surface area contributed by atoms with E-state index in [9.17, 15) is 4.79 Å². The molecule has 6 heteroatoms. The van der Waals surface area contributed by atoms with Crippen molar-refractivity contribution in [3.8, 4) is 0 Å². The van der Waals surface area contributed by atoms with Crippen LogP contribution in [0.25, 0.3) is 0 Å². The summed E-state index contributed by atoms with van der Waals surface area (Å²) < 4.78 is 1.71. The van der Waals surface area contributed by atoms with Crippen LogP contribution in [0.5, 0.6) is 0 Å². The van der Waals surface area contributed by atoms with Crippen molar-refractivity contribution in [2.24, 2.45) is 0 Å². The van der Waals surface area contributed by atoms with Gasteiger partial charge in [0, 0.05) is 18.4 Å². The third-order valence-electron chi connectivity index (χ3n) is 4.23. The molecule has 23 heavy (non-hydrogen) atoms. The number of carbonyl (C=O) groups is 1. The molecule has 2 aromatic rings. The van der Waals surface area contributed by atoms with Gasteiger partial charge in [0.15, 0.2) is 0 Å². The summed E-state index contributed by atoms with van der Waals surface area (Å²) in [7, 11) is 0. The van der Waals surface area contributed by atoms with Gasteiger partial charge in [0.1, 0.15) is 5.82 Å². The molecule has 1 aliphatic rings. The summed E-state index contributed by atoms with van der Waals surface area (Å²) in [4.78, 5) is 15.0. The number of aliphatic carboxylic acids is 1. The normalized spacial score (nSPS) is 16.6. The smallest absolute Gasteiger partial charge is 0.305 e. The number of aryl methyl sites for hydroxylation is 3. The lowest BCUT2D eigenvalue weighted by Gasteiger charge is -2.25. The predicted molar refractivity (Wildman–Crippen MR) is 87.4 cm³/mol. The second kappa shape index (κ2) is 7.26. The molecule has 6 nitrogen and oxygen atoms in total. The standard InChI is InChI=1S/C17H22N4O2/c22-16(23)9-12-21-11-8-15(20-21)5-1-4-14-7-6-13-3-2-10-18-17(13)19-14/h2-3,8,10-11,14H,1,4-7,9,12H2,(H,18,19)(H,22,23). The van der Waals surface area contributed by atoms with E-state index in [2.05, 4.69) is 21.5 Å². The van der Waals surface area contributed by atoms with E-state index in [1.54, 1.807) is 4.68 Å². The van der Waals surface area contributed by atoms with Gasteiger partial charge in [0.25, 0.3) is 0 Å². The van der Waals surface area contributed by atoms with Crippen LogP contribution in [0.15, 0.2) is 30.6 Å². The summed E-state index contributed by atoms with van der Waals surface area (Å²) in [5.41, 5.74) is 2.34. The summed E-state index contributed by atoms with van der Waals surface area (Å²) in [5, 5.41) is 16.6. The lowest BCUT2D eigenvalue weighted by Crippen LogP contribution is -2.26. The van der Waals surface area contributed by atoms with Gasteiger partial charge in [0.05, 0.1) is 18.7 Å². The van der Waals surface area contributed by atoms with Gasteiger partial charge in [-0.25, -0.2) is 4.98 Å². The maximum atomic E-state index is 10.6. The van der Waals surface area contributed by atoms with E-state index in [-0.39, 0.29) is 6.42 Å². The highest BCUT2D eigenvalue weighted by Gasteiger charge is 2.17. The van der Waals surface area contributed by atoms with Crippen LogP contribution in [-0.4, -0.2) is 31.9 Å². The zero-order valence-electron chi connectivity index (χ0n) is 13.1. The second-order valence-electron chi connectivity index (χ2n) is 6.00. The van der Waals surface area contributed by atoms with Gasteiger partial charge in [-0.3, -0.25) is 9.48 Å². The highest BCUT2D eigenvalue weighted by Crippen LogP contribution is 2.24. The van der Waals surface area contributed by atoms with E-state index in [4.69, 9.17) is 5.11 Å². The first-order valence-corrected chi connectivity index (χ1v) is 8.15. The van der Waals surface area contributed by atoms with E-state index >= 15 is 0 Å². The second-order valence-corrected chi connectivity index (χ2v) is 6.00. The van der Waals surface area contributed by atoms with Crippen LogP contribution in [0, 0.1) is 0 Å². The van der Waals surface area contributed by atoms with Gasteiger partial charge in [-0.1, -0.05) is 6.07 Å². The van der Waals surface area contributed by atoms with Crippen molar-refractivity contribution in [2.45, 2.75) is 51.1 Å². The van der Waals surface area contributed by atoms with Crippen molar-refractivity contribution >= 4 is 11.8 Å². The fraction of sp³-hybridized carbons (Fsp3) is 0.471. The highest BCUT2D eigenvalue weighted by atomic mass is 16.4. The van der Waals surface area contributed by atoms with Crippen LogP contribution in [0.1, 0.15) is 36.9 Å². The van der Waals surface area contributed by atoms with Crippen molar-refractivity contribution in [1.29, 1.82) is 0 Å². The van der Waals surface area contributed by atoms with E-state index < -0.39 is 5.97 Å². The molecule has 0 saturated heterocycles. The fourth-order valence-electron chi connectivity index (χ4n) is 2.98. The van der Waals surface area contributed by atoms with E-state index in [1.807, 2.05) is 24.5 Å². The Morgan fingerprint density at radius 3 is 3.22 bits per heavy atom. The molecule has 2 aromatic heterocycles. The van der Waals surface area contributed by atoms with Crippen molar-refractivity contribution in [3.63, 3.8) is 0 Å². The summed E-state index contributed by atoms with van der Waals surface area (Å²) in [6, 6.07) is 6.58. The molecule has 0 aromatic carbocycles. The molecular formula is C17H22N4O2. The summed E-state index contributed by atoms with van der Waals surface area (Å²) in [6.45, 7) is 0.433. The van der Waals surface area contributed by atoms with Crippen molar-refractivity contribution in [2.75, 3.05) is 5.32 Å². The van der Waals surface area contributed by atoms with Crippen LogP contribution in [0.4, 0.5) is 5.82 Å². The molecule has 2 N–H and O–H groups in total. The average molecular weight is 314 g/mol. The molecule has 0 amide bonds. The third kappa shape index (κ3) is 4.31. The van der Waals surface area contributed by atoms with Crippen LogP contribution in [0.3, 0.4) is 0 Å². The Hall–Kier alpha value is -2.37. The average Bonchev–Trinajstić information content (AvgIpc) is 3.01. The Morgan fingerprint density at radius 2 is 2.35 bits per heavy atom. The summed E-state index contributed by atoms with van der Waals surface area (Å²) >= 11 is 0. The Labute approximate surface area is 135 Å². The van der Waals surface area contributed by atoms with Crippen LogP contribution in [-0.2, 0) is 24.2 Å². The largest absolute Gasteiger partial charge is 0.481 e. The Kier molecular flexibility index (Phi) is 4.90.